The fourth-order valence-electron chi connectivity index (χ4n) is 4.30. The van der Waals surface area contributed by atoms with E-state index in [0.717, 1.165) is 28.6 Å². The number of urea groups is 1. The summed E-state index contributed by atoms with van der Waals surface area (Å²) in [5, 5.41) is 2.95. The molecule has 2 aromatic carbocycles. The number of nitrogens with one attached hydrogen (secondary N) is 1. The van der Waals surface area contributed by atoms with Crippen molar-refractivity contribution < 1.29 is 14.3 Å². The number of ether oxygens (including phenoxy) is 1. The summed E-state index contributed by atoms with van der Waals surface area (Å²) in [6.07, 6.45) is 1.27. The Morgan fingerprint density at radius 3 is 2.66 bits per heavy atom. The number of fused-ring (bicyclic) bond motifs is 3. The normalized spacial score (nSPS) is 20.4. The lowest BCUT2D eigenvalue weighted by atomic mass is 9.91. The van der Waals surface area contributed by atoms with E-state index < -0.39 is 11.6 Å². The van der Waals surface area contributed by atoms with Crippen LogP contribution < -0.4 is 10.1 Å². The van der Waals surface area contributed by atoms with Crippen molar-refractivity contribution in [2.75, 3.05) is 7.11 Å². The van der Waals surface area contributed by atoms with Crippen LogP contribution in [-0.2, 0) is 23.3 Å². The standard InChI is InChI=1S/C22H20N4O3/c1-13-19(24-18-6-4-3-5-17(18)23-13)12-26-20(27)22(25-21(26)28)10-9-14-7-8-15(29-2)11-16(14)22/h3-8,11H,9-10,12H2,1-2H3,(H,25,28). The molecule has 29 heavy (non-hydrogen) atoms. The Kier molecular flexibility index (Phi) is 3.81. The summed E-state index contributed by atoms with van der Waals surface area (Å²) in [5.74, 6) is 0.422. The van der Waals surface area contributed by atoms with E-state index >= 15 is 0 Å². The second-order valence-electron chi connectivity index (χ2n) is 7.49. The number of nitrogens with zero attached hydrogens (tertiary/aromatic N) is 3. The van der Waals surface area contributed by atoms with Crippen molar-refractivity contribution in [3.63, 3.8) is 0 Å². The molecule has 5 rings (SSSR count). The molecule has 2 aliphatic rings. The SMILES string of the molecule is COc1ccc2c(c1)C1(CC2)NC(=O)N(Cc2nc3ccccc3nc2C)C1=O. The van der Waals surface area contributed by atoms with Crippen molar-refractivity contribution in [1.82, 2.24) is 20.2 Å². The van der Waals surface area contributed by atoms with Crippen LogP contribution in [0.4, 0.5) is 4.79 Å². The maximum Gasteiger partial charge on any atom is 0.325 e. The number of amides is 3. The summed E-state index contributed by atoms with van der Waals surface area (Å²) in [6, 6.07) is 12.9. The third-order valence-electron chi connectivity index (χ3n) is 5.87. The molecule has 0 saturated carbocycles. The molecule has 1 fully saturated rings. The predicted octanol–water partition coefficient (Wildman–Crippen LogP) is 2.84. The zero-order chi connectivity index (χ0) is 20.2. The summed E-state index contributed by atoms with van der Waals surface area (Å²) in [4.78, 5) is 36.7. The van der Waals surface area contributed by atoms with E-state index in [1.165, 1.54) is 4.90 Å². The van der Waals surface area contributed by atoms with Gasteiger partial charge in [-0.25, -0.2) is 14.8 Å². The van der Waals surface area contributed by atoms with Gasteiger partial charge in [-0.3, -0.25) is 9.69 Å². The summed E-state index contributed by atoms with van der Waals surface area (Å²) in [7, 11) is 1.59. The van der Waals surface area contributed by atoms with Crippen molar-refractivity contribution >= 4 is 23.0 Å². The molecule has 3 amide bonds. The van der Waals surface area contributed by atoms with Crippen LogP contribution in [0.15, 0.2) is 42.5 Å². The Bertz CT molecular complexity index is 1180. The van der Waals surface area contributed by atoms with Gasteiger partial charge in [-0.05, 0) is 55.2 Å². The third kappa shape index (κ3) is 2.57. The molecule has 2 heterocycles. The lowest BCUT2D eigenvalue weighted by Gasteiger charge is -2.23. The molecule has 7 nitrogen and oxygen atoms in total. The fraction of sp³-hybridized carbons (Fsp3) is 0.273. The van der Waals surface area contributed by atoms with Crippen molar-refractivity contribution in [2.45, 2.75) is 31.8 Å². The molecule has 1 aliphatic heterocycles. The predicted molar refractivity (Wildman–Crippen MR) is 106 cm³/mol. The molecule has 1 saturated heterocycles. The van der Waals surface area contributed by atoms with Crippen LogP contribution in [0, 0.1) is 6.92 Å². The van der Waals surface area contributed by atoms with Crippen LogP contribution in [-0.4, -0.2) is 33.9 Å². The summed E-state index contributed by atoms with van der Waals surface area (Å²) in [5.41, 5.74) is 3.71. The van der Waals surface area contributed by atoms with Crippen LogP contribution in [0.1, 0.15) is 28.9 Å². The van der Waals surface area contributed by atoms with E-state index in [1.807, 2.05) is 49.4 Å². The highest BCUT2D eigenvalue weighted by atomic mass is 16.5. The van der Waals surface area contributed by atoms with Crippen LogP contribution in [0.3, 0.4) is 0 Å². The number of aromatic nitrogens is 2. The number of carbonyl (C=O) groups is 2. The van der Waals surface area contributed by atoms with E-state index in [9.17, 15) is 9.59 Å². The number of hydrogen-bond acceptors (Lipinski definition) is 5. The zero-order valence-electron chi connectivity index (χ0n) is 16.2. The van der Waals surface area contributed by atoms with Gasteiger partial charge in [-0.15, -0.1) is 0 Å². The first kappa shape index (κ1) is 17.6. The van der Waals surface area contributed by atoms with Crippen LogP contribution in [0.5, 0.6) is 5.75 Å². The lowest BCUT2D eigenvalue weighted by molar-refractivity contribution is -0.132. The minimum atomic E-state index is -1.03. The molecule has 146 valence electrons. The maximum absolute atomic E-state index is 13.4. The highest BCUT2D eigenvalue weighted by Crippen LogP contribution is 2.43. The molecular weight excluding hydrogens is 368 g/mol. The van der Waals surface area contributed by atoms with E-state index in [2.05, 4.69) is 15.3 Å². The number of imide groups is 1. The number of hydrogen-bond donors (Lipinski definition) is 1. The van der Waals surface area contributed by atoms with Gasteiger partial charge in [0.2, 0.25) is 0 Å². The summed E-state index contributed by atoms with van der Waals surface area (Å²) < 4.78 is 5.33. The van der Waals surface area contributed by atoms with Gasteiger partial charge in [-0.2, -0.15) is 0 Å². The number of para-hydroxylation sites is 2. The number of benzene rings is 2. The second-order valence-corrected chi connectivity index (χ2v) is 7.49. The van der Waals surface area contributed by atoms with E-state index in [-0.39, 0.29) is 12.5 Å². The third-order valence-corrected chi connectivity index (χ3v) is 5.87. The van der Waals surface area contributed by atoms with Gasteiger partial charge in [0.05, 0.1) is 36.1 Å². The van der Waals surface area contributed by atoms with Crippen molar-refractivity contribution in [3.8, 4) is 5.75 Å². The Hall–Kier alpha value is -3.48. The van der Waals surface area contributed by atoms with Crippen LogP contribution in [0.25, 0.3) is 11.0 Å². The Labute approximate surface area is 167 Å². The fourth-order valence-corrected chi connectivity index (χ4v) is 4.30. The molecule has 1 unspecified atom stereocenters. The number of rotatable bonds is 3. The molecule has 7 heteroatoms. The van der Waals surface area contributed by atoms with Crippen molar-refractivity contribution in [3.05, 3.63) is 65.0 Å². The first-order valence-corrected chi connectivity index (χ1v) is 9.55. The van der Waals surface area contributed by atoms with Gasteiger partial charge in [0, 0.05) is 0 Å². The minimum Gasteiger partial charge on any atom is -0.497 e. The Morgan fingerprint density at radius 1 is 1.14 bits per heavy atom. The highest BCUT2D eigenvalue weighted by Gasteiger charge is 2.55. The molecule has 0 bridgehead atoms. The average Bonchev–Trinajstić information content (AvgIpc) is 3.21. The van der Waals surface area contributed by atoms with E-state index in [1.54, 1.807) is 7.11 Å². The molecule has 1 spiro atoms. The van der Waals surface area contributed by atoms with Gasteiger partial charge in [0.1, 0.15) is 11.3 Å². The van der Waals surface area contributed by atoms with Gasteiger partial charge in [-0.1, -0.05) is 18.2 Å². The minimum absolute atomic E-state index is 0.0926. The van der Waals surface area contributed by atoms with Crippen molar-refractivity contribution in [2.24, 2.45) is 0 Å². The zero-order valence-corrected chi connectivity index (χ0v) is 16.2. The molecular formula is C22H20N4O3. The maximum atomic E-state index is 13.4. The second kappa shape index (κ2) is 6.27. The van der Waals surface area contributed by atoms with E-state index in [4.69, 9.17) is 4.74 Å². The first-order chi connectivity index (χ1) is 14.0. The topological polar surface area (TPSA) is 84.4 Å². The van der Waals surface area contributed by atoms with Gasteiger partial charge < -0.3 is 10.1 Å². The van der Waals surface area contributed by atoms with E-state index in [0.29, 0.717) is 23.6 Å². The molecule has 1 aromatic heterocycles. The van der Waals surface area contributed by atoms with Crippen LogP contribution in [0.2, 0.25) is 0 Å². The van der Waals surface area contributed by atoms with Crippen LogP contribution >= 0.6 is 0 Å². The molecule has 3 aromatic rings. The largest absolute Gasteiger partial charge is 0.497 e. The first-order valence-electron chi connectivity index (χ1n) is 9.55. The molecule has 1 N–H and O–H groups in total. The Balaban J connectivity index is 1.51. The smallest absolute Gasteiger partial charge is 0.325 e. The average molecular weight is 388 g/mol. The number of aryl methyl sites for hydroxylation is 2. The van der Waals surface area contributed by atoms with Crippen molar-refractivity contribution in [1.29, 1.82) is 0 Å². The molecule has 1 aliphatic carbocycles. The molecule has 0 radical (unpaired) electrons. The van der Waals surface area contributed by atoms with Gasteiger partial charge in [0.25, 0.3) is 5.91 Å². The lowest BCUT2D eigenvalue weighted by Crippen LogP contribution is -2.41. The monoisotopic (exact) mass is 388 g/mol. The highest BCUT2D eigenvalue weighted by molar-refractivity contribution is 6.08. The molecule has 1 atom stereocenters. The Morgan fingerprint density at radius 2 is 1.90 bits per heavy atom. The van der Waals surface area contributed by atoms with Gasteiger partial charge in [0.15, 0.2) is 0 Å². The van der Waals surface area contributed by atoms with Gasteiger partial charge >= 0.3 is 6.03 Å². The number of methoxy groups -OCH3 is 1. The summed E-state index contributed by atoms with van der Waals surface area (Å²) in [6.45, 7) is 1.94. The summed E-state index contributed by atoms with van der Waals surface area (Å²) >= 11 is 0. The quantitative estimate of drug-likeness (QED) is 0.698. The number of carbonyl (C=O) groups excluding carboxylic acids is 2.